The third kappa shape index (κ3) is 8.19. The first-order valence-corrected chi connectivity index (χ1v) is 10.4. The van der Waals surface area contributed by atoms with E-state index < -0.39 is 29.8 Å². The molecule has 0 aliphatic carbocycles. The Bertz CT molecular complexity index is 796. The number of esters is 1. The van der Waals surface area contributed by atoms with Crippen LogP contribution in [0.5, 0.6) is 5.75 Å². The summed E-state index contributed by atoms with van der Waals surface area (Å²) >= 11 is 0. The molecule has 1 N–H and O–H groups in total. The highest BCUT2D eigenvalue weighted by molar-refractivity contribution is 5.86. The molecule has 2 amide bonds. The summed E-state index contributed by atoms with van der Waals surface area (Å²) in [7, 11) is 0. The van der Waals surface area contributed by atoms with Crippen LogP contribution in [-0.4, -0.2) is 47.2 Å². The van der Waals surface area contributed by atoms with Gasteiger partial charge in [-0.3, -0.25) is 14.5 Å². The van der Waals surface area contributed by atoms with Crippen molar-refractivity contribution in [3.05, 3.63) is 29.8 Å². The van der Waals surface area contributed by atoms with Crippen molar-refractivity contribution in [3.63, 3.8) is 0 Å². The second-order valence-electron chi connectivity index (χ2n) is 10.1. The summed E-state index contributed by atoms with van der Waals surface area (Å²) in [5.74, 6) is -0.319. The first kappa shape index (κ1) is 24.6. The van der Waals surface area contributed by atoms with E-state index in [-0.39, 0.29) is 30.9 Å². The van der Waals surface area contributed by atoms with Crippen LogP contribution in [0.3, 0.4) is 0 Å². The summed E-state index contributed by atoms with van der Waals surface area (Å²) in [6.07, 6.45) is -1.73. The van der Waals surface area contributed by atoms with Crippen LogP contribution in [-0.2, 0) is 20.9 Å². The summed E-state index contributed by atoms with van der Waals surface area (Å²) in [6, 6.07) is 5.86. The van der Waals surface area contributed by atoms with Gasteiger partial charge in [-0.2, -0.15) is 0 Å². The Morgan fingerprint density at radius 2 is 1.71 bits per heavy atom. The second kappa shape index (κ2) is 9.66. The maximum absolute atomic E-state index is 13.9. The molecule has 2 atom stereocenters. The van der Waals surface area contributed by atoms with Gasteiger partial charge in [0.2, 0.25) is 5.91 Å². The van der Waals surface area contributed by atoms with Crippen molar-refractivity contribution >= 4 is 18.0 Å². The molecule has 31 heavy (non-hydrogen) atoms. The standard InChI is InChI=1S/C23H33FN2O5/c1-22(2,3)12-19(27)30-17-9-7-15(8-10-17)13-25-20(28)18-11-16(24)14-26(18)21(29)31-23(4,5)6/h7-10,16,18H,11-14H2,1-6H3,(H,25,28)/t16-,18?/m0/s1. The van der Waals surface area contributed by atoms with Crippen LogP contribution in [0, 0.1) is 5.41 Å². The number of carbonyl (C=O) groups excluding carboxylic acids is 3. The highest BCUT2D eigenvalue weighted by Gasteiger charge is 2.41. The number of hydrogen-bond acceptors (Lipinski definition) is 5. The monoisotopic (exact) mass is 436 g/mol. The number of alkyl halides is 1. The summed E-state index contributed by atoms with van der Waals surface area (Å²) in [4.78, 5) is 38.0. The minimum absolute atomic E-state index is 0.0618. The molecule has 2 rings (SSSR count). The lowest BCUT2D eigenvalue weighted by Crippen LogP contribution is -2.47. The molecule has 1 aliphatic heterocycles. The van der Waals surface area contributed by atoms with Crippen LogP contribution < -0.4 is 10.1 Å². The molecule has 0 aromatic heterocycles. The Morgan fingerprint density at radius 1 is 1.10 bits per heavy atom. The second-order valence-corrected chi connectivity index (χ2v) is 10.1. The quantitative estimate of drug-likeness (QED) is 0.557. The Kier molecular flexibility index (Phi) is 7.68. The zero-order valence-electron chi connectivity index (χ0n) is 19.2. The minimum atomic E-state index is -1.27. The fourth-order valence-electron chi connectivity index (χ4n) is 3.14. The van der Waals surface area contributed by atoms with Gasteiger partial charge in [-0.1, -0.05) is 32.9 Å². The maximum atomic E-state index is 13.9. The molecule has 0 bridgehead atoms. The molecule has 1 fully saturated rings. The molecule has 8 heteroatoms. The molecule has 1 heterocycles. The van der Waals surface area contributed by atoms with Gasteiger partial charge >= 0.3 is 12.1 Å². The lowest BCUT2D eigenvalue weighted by Gasteiger charge is -2.27. The number of amides is 2. The molecule has 0 saturated carbocycles. The Hall–Kier alpha value is -2.64. The largest absolute Gasteiger partial charge is 0.444 e. The lowest BCUT2D eigenvalue weighted by molar-refractivity contribution is -0.136. The maximum Gasteiger partial charge on any atom is 0.411 e. The van der Waals surface area contributed by atoms with Crippen molar-refractivity contribution in [2.24, 2.45) is 5.41 Å². The van der Waals surface area contributed by atoms with Crippen LogP contribution in [0.15, 0.2) is 24.3 Å². The summed E-state index contributed by atoms with van der Waals surface area (Å²) in [5.41, 5.74) is -0.111. The number of nitrogens with zero attached hydrogens (tertiary/aromatic N) is 1. The molecule has 1 aromatic carbocycles. The number of carbonyl (C=O) groups is 3. The molecular weight excluding hydrogens is 403 g/mol. The van der Waals surface area contributed by atoms with Crippen molar-refractivity contribution in [3.8, 4) is 5.75 Å². The molecule has 0 spiro atoms. The molecule has 1 saturated heterocycles. The highest BCUT2D eigenvalue weighted by Crippen LogP contribution is 2.24. The van der Waals surface area contributed by atoms with Gasteiger partial charge in [0.15, 0.2) is 0 Å². The van der Waals surface area contributed by atoms with Crippen molar-refractivity contribution in [1.82, 2.24) is 10.2 Å². The molecule has 7 nitrogen and oxygen atoms in total. The van der Waals surface area contributed by atoms with Gasteiger partial charge in [-0.15, -0.1) is 0 Å². The van der Waals surface area contributed by atoms with E-state index in [1.807, 2.05) is 20.8 Å². The van der Waals surface area contributed by atoms with Crippen molar-refractivity contribution in [2.45, 2.75) is 78.7 Å². The zero-order valence-corrected chi connectivity index (χ0v) is 19.2. The third-order valence-corrected chi connectivity index (χ3v) is 4.48. The van der Waals surface area contributed by atoms with Gasteiger partial charge in [-0.05, 0) is 43.9 Å². The van der Waals surface area contributed by atoms with Crippen LogP contribution >= 0.6 is 0 Å². The van der Waals surface area contributed by atoms with E-state index in [2.05, 4.69) is 5.32 Å². The van der Waals surface area contributed by atoms with E-state index in [4.69, 9.17) is 9.47 Å². The Morgan fingerprint density at radius 3 is 2.26 bits per heavy atom. The number of nitrogens with one attached hydrogen (secondary N) is 1. The number of benzene rings is 1. The smallest absolute Gasteiger partial charge is 0.411 e. The van der Waals surface area contributed by atoms with Crippen LogP contribution in [0.2, 0.25) is 0 Å². The molecule has 172 valence electrons. The lowest BCUT2D eigenvalue weighted by atomic mass is 9.92. The first-order valence-electron chi connectivity index (χ1n) is 10.4. The average Bonchev–Trinajstić information content (AvgIpc) is 3.00. The van der Waals surface area contributed by atoms with Crippen molar-refractivity contribution in [2.75, 3.05) is 6.54 Å². The first-order chi connectivity index (χ1) is 14.2. The van der Waals surface area contributed by atoms with Crippen LogP contribution in [0.1, 0.15) is 59.9 Å². The fourth-order valence-corrected chi connectivity index (χ4v) is 3.14. The molecular formula is C23H33FN2O5. The molecule has 0 radical (unpaired) electrons. The number of rotatable bonds is 5. The van der Waals surface area contributed by atoms with Gasteiger partial charge in [0.25, 0.3) is 0 Å². The summed E-state index contributed by atoms with van der Waals surface area (Å²) in [6.45, 7) is 11.1. The van der Waals surface area contributed by atoms with Crippen LogP contribution in [0.25, 0.3) is 0 Å². The average molecular weight is 437 g/mol. The topological polar surface area (TPSA) is 84.9 Å². The number of halogens is 1. The van der Waals surface area contributed by atoms with Gasteiger partial charge < -0.3 is 14.8 Å². The summed E-state index contributed by atoms with van der Waals surface area (Å²) < 4.78 is 24.5. The number of likely N-dealkylation sites (tertiary alicyclic amines) is 1. The molecule has 1 unspecified atom stereocenters. The van der Waals surface area contributed by atoms with Gasteiger partial charge in [0.05, 0.1) is 13.0 Å². The summed E-state index contributed by atoms with van der Waals surface area (Å²) in [5, 5.41) is 2.74. The third-order valence-electron chi connectivity index (χ3n) is 4.48. The van der Waals surface area contributed by atoms with E-state index >= 15 is 0 Å². The fraction of sp³-hybridized carbons (Fsp3) is 0.609. The van der Waals surface area contributed by atoms with E-state index in [0.29, 0.717) is 12.2 Å². The van der Waals surface area contributed by atoms with E-state index in [1.54, 1.807) is 45.0 Å². The SMILES string of the molecule is CC(C)(C)CC(=O)Oc1ccc(CNC(=O)C2C[C@H](F)CN2C(=O)OC(C)(C)C)cc1. The van der Waals surface area contributed by atoms with E-state index in [0.717, 1.165) is 10.5 Å². The Balaban J connectivity index is 1.91. The zero-order chi connectivity index (χ0) is 23.4. The van der Waals surface area contributed by atoms with E-state index in [9.17, 15) is 18.8 Å². The van der Waals surface area contributed by atoms with Crippen molar-refractivity contribution in [1.29, 1.82) is 0 Å². The highest BCUT2D eigenvalue weighted by atomic mass is 19.1. The minimum Gasteiger partial charge on any atom is -0.444 e. The van der Waals surface area contributed by atoms with E-state index in [1.165, 1.54) is 0 Å². The number of ether oxygens (including phenoxy) is 2. The molecule has 1 aromatic rings. The number of hydrogen-bond donors (Lipinski definition) is 1. The van der Waals surface area contributed by atoms with Gasteiger partial charge in [0, 0.05) is 13.0 Å². The Labute approximate surface area is 183 Å². The predicted molar refractivity (Wildman–Crippen MR) is 114 cm³/mol. The van der Waals surface area contributed by atoms with Crippen LogP contribution in [0.4, 0.5) is 9.18 Å². The normalized spacial score (nSPS) is 19.1. The molecule has 1 aliphatic rings. The van der Waals surface area contributed by atoms with Crippen molar-refractivity contribution < 1.29 is 28.2 Å². The van der Waals surface area contributed by atoms with Gasteiger partial charge in [0.1, 0.15) is 23.6 Å². The predicted octanol–water partition coefficient (Wildman–Crippen LogP) is 3.99. The van der Waals surface area contributed by atoms with Gasteiger partial charge in [-0.25, -0.2) is 9.18 Å².